The molecule has 3 rings (SSSR count). The van der Waals surface area contributed by atoms with Crippen LogP contribution < -0.4 is 5.73 Å². The SMILES string of the molecule is NCc1cncc(-n2ccc(C3CC3)n2)n1. The molecule has 2 heterocycles. The number of aromatic nitrogens is 4. The lowest BCUT2D eigenvalue weighted by Gasteiger charge is -2.01. The lowest BCUT2D eigenvalue weighted by Crippen LogP contribution is -2.05. The standard InChI is InChI=1S/C11H13N5/c12-5-9-6-13-7-11(14-9)16-4-3-10(15-16)8-1-2-8/h3-4,6-8H,1-2,5,12H2. The Kier molecular flexibility index (Phi) is 2.18. The summed E-state index contributed by atoms with van der Waals surface area (Å²) in [6.07, 6.45) is 7.81. The molecule has 2 aromatic rings. The summed E-state index contributed by atoms with van der Waals surface area (Å²) in [6, 6.07) is 2.05. The third kappa shape index (κ3) is 1.69. The Bertz CT molecular complexity index is 501. The second-order valence-electron chi connectivity index (χ2n) is 4.03. The van der Waals surface area contributed by atoms with Gasteiger partial charge in [-0.2, -0.15) is 5.10 Å². The van der Waals surface area contributed by atoms with E-state index in [0.717, 1.165) is 17.2 Å². The molecule has 82 valence electrons. The molecule has 0 atom stereocenters. The summed E-state index contributed by atoms with van der Waals surface area (Å²) in [4.78, 5) is 8.47. The largest absolute Gasteiger partial charge is 0.325 e. The Labute approximate surface area is 93.3 Å². The van der Waals surface area contributed by atoms with Crippen molar-refractivity contribution in [1.29, 1.82) is 0 Å². The highest BCUT2D eigenvalue weighted by atomic mass is 15.3. The number of nitrogens with zero attached hydrogens (tertiary/aromatic N) is 4. The van der Waals surface area contributed by atoms with Crippen LogP contribution in [0.15, 0.2) is 24.7 Å². The Morgan fingerprint density at radius 1 is 1.38 bits per heavy atom. The van der Waals surface area contributed by atoms with Crippen molar-refractivity contribution in [3.63, 3.8) is 0 Å². The highest BCUT2D eigenvalue weighted by molar-refractivity contribution is 5.22. The normalized spacial score (nSPS) is 15.3. The zero-order valence-electron chi connectivity index (χ0n) is 8.87. The van der Waals surface area contributed by atoms with Gasteiger partial charge in [0.05, 0.1) is 17.6 Å². The molecular weight excluding hydrogens is 202 g/mol. The quantitative estimate of drug-likeness (QED) is 0.829. The van der Waals surface area contributed by atoms with E-state index in [9.17, 15) is 0 Å². The number of hydrogen-bond donors (Lipinski definition) is 1. The number of rotatable bonds is 3. The van der Waals surface area contributed by atoms with Gasteiger partial charge in [0.1, 0.15) is 0 Å². The van der Waals surface area contributed by atoms with Crippen molar-refractivity contribution in [2.45, 2.75) is 25.3 Å². The molecule has 0 saturated heterocycles. The third-order valence-electron chi connectivity index (χ3n) is 2.72. The van der Waals surface area contributed by atoms with Gasteiger partial charge in [-0.15, -0.1) is 0 Å². The topological polar surface area (TPSA) is 69.6 Å². The zero-order valence-corrected chi connectivity index (χ0v) is 8.87. The fraction of sp³-hybridized carbons (Fsp3) is 0.364. The van der Waals surface area contributed by atoms with Crippen LogP contribution in [0.25, 0.3) is 5.82 Å². The van der Waals surface area contributed by atoms with Crippen molar-refractivity contribution in [3.05, 3.63) is 36.0 Å². The Morgan fingerprint density at radius 2 is 2.25 bits per heavy atom. The molecule has 1 aliphatic carbocycles. The van der Waals surface area contributed by atoms with Crippen LogP contribution in [0.1, 0.15) is 30.1 Å². The maximum atomic E-state index is 5.53. The van der Waals surface area contributed by atoms with Crippen molar-refractivity contribution < 1.29 is 0 Å². The molecule has 16 heavy (non-hydrogen) atoms. The average Bonchev–Trinajstić information content (AvgIpc) is 3.07. The molecule has 0 aromatic carbocycles. The summed E-state index contributed by atoms with van der Waals surface area (Å²) in [5.74, 6) is 1.39. The first-order valence-corrected chi connectivity index (χ1v) is 5.44. The zero-order chi connectivity index (χ0) is 11.0. The van der Waals surface area contributed by atoms with Gasteiger partial charge in [-0.3, -0.25) is 4.98 Å². The predicted octanol–water partition coefficient (Wildman–Crippen LogP) is 0.998. The van der Waals surface area contributed by atoms with Gasteiger partial charge in [-0.1, -0.05) is 0 Å². The molecule has 0 amide bonds. The molecule has 0 bridgehead atoms. The van der Waals surface area contributed by atoms with Crippen molar-refractivity contribution in [2.75, 3.05) is 0 Å². The van der Waals surface area contributed by atoms with Crippen LogP contribution in [0.4, 0.5) is 0 Å². The summed E-state index contributed by atoms with van der Waals surface area (Å²) in [7, 11) is 0. The summed E-state index contributed by atoms with van der Waals surface area (Å²) in [5, 5.41) is 4.49. The lowest BCUT2D eigenvalue weighted by atomic mass is 10.3. The van der Waals surface area contributed by atoms with E-state index in [1.165, 1.54) is 12.8 Å². The van der Waals surface area contributed by atoms with Crippen LogP contribution in [-0.4, -0.2) is 19.7 Å². The minimum absolute atomic E-state index is 0.400. The van der Waals surface area contributed by atoms with Crippen molar-refractivity contribution in [2.24, 2.45) is 5.73 Å². The van der Waals surface area contributed by atoms with E-state index < -0.39 is 0 Å². The molecule has 0 aliphatic heterocycles. The smallest absolute Gasteiger partial charge is 0.172 e. The van der Waals surface area contributed by atoms with Crippen LogP contribution in [0.2, 0.25) is 0 Å². The highest BCUT2D eigenvalue weighted by Crippen LogP contribution is 2.38. The summed E-state index contributed by atoms with van der Waals surface area (Å²) in [6.45, 7) is 0.400. The van der Waals surface area contributed by atoms with Crippen LogP contribution >= 0.6 is 0 Å². The fourth-order valence-corrected chi connectivity index (χ4v) is 1.67. The van der Waals surface area contributed by atoms with Crippen LogP contribution in [0.5, 0.6) is 0 Å². The fourth-order valence-electron chi connectivity index (χ4n) is 1.67. The molecule has 0 radical (unpaired) electrons. The van der Waals surface area contributed by atoms with Gasteiger partial charge < -0.3 is 5.73 Å². The van der Waals surface area contributed by atoms with Crippen LogP contribution in [-0.2, 0) is 6.54 Å². The lowest BCUT2D eigenvalue weighted by molar-refractivity contribution is 0.792. The van der Waals surface area contributed by atoms with Gasteiger partial charge >= 0.3 is 0 Å². The van der Waals surface area contributed by atoms with E-state index >= 15 is 0 Å². The summed E-state index contributed by atoms with van der Waals surface area (Å²) >= 11 is 0. The van der Waals surface area contributed by atoms with E-state index in [-0.39, 0.29) is 0 Å². The molecule has 0 spiro atoms. The third-order valence-corrected chi connectivity index (χ3v) is 2.72. The molecule has 2 N–H and O–H groups in total. The molecule has 1 saturated carbocycles. The van der Waals surface area contributed by atoms with E-state index in [1.54, 1.807) is 17.1 Å². The number of hydrogen-bond acceptors (Lipinski definition) is 4. The maximum absolute atomic E-state index is 5.53. The Hall–Kier alpha value is -1.75. The highest BCUT2D eigenvalue weighted by Gasteiger charge is 2.25. The minimum Gasteiger partial charge on any atom is -0.325 e. The second-order valence-corrected chi connectivity index (χ2v) is 4.03. The van der Waals surface area contributed by atoms with Gasteiger partial charge in [0.2, 0.25) is 0 Å². The second kappa shape index (κ2) is 3.68. The first-order valence-electron chi connectivity index (χ1n) is 5.44. The van der Waals surface area contributed by atoms with Crippen molar-refractivity contribution >= 4 is 0 Å². The predicted molar refractivity (Wildman–Crippen MR) is 59.0 cm³/mol. The van der Waals surface area contributed by atoms with Crippen LogP contribution in [0.3, 0.4) is 0 Å². The van der Waals surface area contributed by atoms with Gasteiger partial charge in [0, 0.05) is 24.9 Å². The van der Waals surface area contributed by atoms with Crippen molar-refractivity contribution in [1.82, 2.24) is 19.7 Å². The van der Waals surface area contributed by atoms with Crippen molar-refractivity contribution in [3.8, 4) is 5.82 Å². The molecule has 1 aliphatic rings. The first kappa shape index (κ1) is 9.47. The summed E-state index contributed by atoms with van der Waals surface area (Å²) < 4.78 is 1.76. The minimum atomic E-state index is 0.400. The van der Waals surface area contributed by atoms with E-state index in [2.05, 4.69) is 21.1 Å². The van der Waals surface area contributed by atoms with Gasteiger partial charge in [0.15, 0.2) is 5.82 Å². The van der Waals surface area contributed by atoms with E-state index in [1.807, 2.05) is 6.20 Å². The van der Waals surface area contributed by atoms with Crippen LogP contribution in [0, 0.1) is 0 Å². The molecule has 0 unspecified atom stereocenters. The molecule has 5 nitrogen and oxygen atoms in total. The van der Waals surface area contributed by atoms with Gasteiger partial charge in [0.25, 0.3) is 0 Å². The van der Waals surface area contributed by atoms with Gasteiger partial charge in [-0.05, 0) is 18.9 Å². The molecular formula is C11H13N5. The molecule has 2 aromatic heterocycles. The average molecular weight is 215 g/mol. The number of nitrogens with two attached hydrogens (primary N) is 1. The Balaban J connectivity index is 1.93. The summed E-state index contributed by atoms with van der Waals surface area (Å²) in [5.41, 5.74) is 7.46. The Morgan fingerprint density at radius 3 is 3.00 bits per heavy atom. The molecule has 5 heteroatoms. The first-order chi connectivity index (χ1) is 7.86. The van der Waals surface area contributed by atoms with E-state index in [0.29, 0.717) is 12.5 Å². The van der Waals surface area contributed by atoms with E-state index in [4.69, 9.17) is 5.73 Å². The maximum Gasteiger partial charge on any atom is 0.172 e. The monoisotopic (exact) mass is 215 g/mol. The van der Waals surface area contributed by atoms with Gasteiger partial charge in [-0.25, -0.2) is 9.67 Å². The molecule has 1 fully saturated rings.